The maximum Gasteiger partial charge on any atom is 0.264 e. The Balaban J connectivity index is 1.09. The van der Waals surface area contributed by atoms with Crippen LogP contribution in [0.15, 0.2) is 103 Å². The van der Waals surface area contributed by atoms with Crippen molar-refractivity contribution in [2.24, 2.45) is 5.92 Å². The number of methoxy groups -OCH3 is 1. The Morgan fingerprint density at radius 2 is 1.52 bits per heavy atom. The van der Waals surface area contributed by atoms with Crippen molar-refractivity contribution in [3.8, 4) is 5.75 Å². The standard InChI is InChI=1S/C49H56N6O6Si/c1-33-47(62(3,4)39-23-21-38(60-2)22-24-39)43(26-29-52-32-41(50-51-52)46(58)35-12-6-5-7-13-35)61-49(33)40-30-37(54-28-11-9-15-45(54)57)20-25-42(40)55(48(49)59)31-34-16-18-36(19-17-34)53-27-10-8-14-44(53)56/h5-7,12-13,16-25,30,32-33,43,46-47,58H,8-11,14-15,26-29,31H2,1-4H3/t33-,43+,46-,47-,49+/m1/s1. The van der Waals surface area contributed by atoms with Crippen molar-refractivity contribution in [2.75, 3.05) is 34.9 Å². The van der Waals surface area contributed by atoms with Crippen molar-refractivity contribution in [1.82, 2.24) is 15.0 Å². The van der Waals surface area contributed by atoms with Gasteiger partial charge in [-0.25, -0.2) is 0 Å². The fourth-order valence-electron chi connectivity index (χ4n) is 10.6. The van der Waals surface area contributed by atoms with Gasteiger partial charge in [0.1, 0.15) is 17.5 Å². The van der Waals surface area contributed by atoms with Crippen LogP contribution in [-0.4, -0.2) is 72.2 Å². The summed E-state index contributed by atoms with van der Waals surface area (Å²) in [5.74, 6) is 0.654. The highest BCUT2D eigenvalue weighted by molar-refractivity contribution is 6.91. The topological polar surface area (TPSA) is 130 Å². The summed E-state index contributed by atoms with van der Waals surface area (Å²) < 4.78 is 14.8. The minimum atomic E-state index is -2.46. The third-order valence-electron chi connectivity index (χ3n) is 14.0. The Labute approximate surface area is 364 Å². The molecule has 5 atom stereocenters. The van der Waals surface area contributed by atoms with Crippen molar-refractivity contribution in [2.45, 2.75) is 101 Å². The number of aromatic nitrogens is 3. The molecular weight excluding hydrogens is 797 g/mol. The molecule has 12 nitrogen and oxygen atoms in total. The molecular formula is C49H56N6O6Si. The average Bonchev–Trinajstić information content (AvgIpc) is 3.96. The van der Waals surface area contributed by atoms with E-state index in [9.17, 15) is 14.7 Å². The van der Waals surface area contributed by atoms with Crippen molar-refractivity contribution in [3.05, 3.63) is 126 Å². The van der Waals surface area contributed by atoms with E-state index in [-0.39, 0.29) is 35.3 Å². The third-order valence-corrected chi connectivity index (χ3v) is 18.3. The largest absolute Gasteiger partial charge is 0.497 e. The van der Waals surface area contributed by atoms with Gasteiger partial charge in [0, 0.05) is 55.3 Å². The zero-order chi connectivity index (χ0) is 43.2. The zero-order valence-corrected chi connectivity index (χ0v) is 37.1. The van der Waals surface area contributed by atoms with Crippen LogP contribution in [0.25, 0.3) is 0 Å². The fourth-order valence-corrected chi connectivity index (χ4v) is 14.7. The number of carbonyl (C=O) groups is 3. The maximum absolute atomic E-state index is 15.6. The van der Waals surface area contributed by atoms with E-state index in [2.05, 4.69) is 42.5 Å². The smallest absolute Gasteiger partial charge is 0.264 e. The first-order chi connectivity index (χ1) is 30.0. The third kappa shape index (κ3) is 7.43. The van der Waals surface area contributed by atoms with Gasteiger partial charge >= 0.3 is 0 Å². The van der Waals surface area contributed by atoms with Gasteiger partial charge in [-0.1, -0.05) is 85.0 Å². The van der Waals surface area contributed by atoms with Crippen LogP contribution in [0.5, 0.6) is 5.75 Å². The summed E-state index contributed by atoms with van der Waals surface area (Å²) in [6.45, 7) is 9.04. The summed E-state index contributed by atoms with van der Waals surface area (Å²) in [6.07, 6.45) is 5.83. The Morgan fingerprint density at radius 1 is 0.855 bits per heavy atom. The average molecular weight is 853 g/mol. The van der Waals surface area contributed by atoms with Crippen molar-refractivity contribution in [1.29, 1.82) is 0 Å². The van der Waals surface area contributed by atoms with Gasteiger partial charge in [-0.3, -0.25) is 19.1 Å². The van der Waals surface area contributed by atoms with Gasteiger partial charge < -0.3 is 29.3 Å². The molecule has 0 aliphatic carbocycles. The van der Waals surface area contributed by atoms with Crippen LogP contribution in [0.3, 0.4) is 0 Å². The minimum absolute atomic E-state index is 0.0211. The predicted octanol–water partition coefficient (Wildman–Crippen LogP) is 7.26. The second kappa shape index (κ2) is 16.9. The number of aliphatic hydroxyl groups excluding tert-OH is 1. The molecule has 3 amide bonds. The number of carbonyl (C=O) groups excluding carboxylic acids is 3. The molecule has 5 aromatic rings. The molecule has 3 fully saturated rings. The van der Waals surface area contributed by atoms with Gasteiger partial charge in [-0.2, -0.15) is 0 Å². The highest BCUT2D eigenvalue weighted by atomic mass is 28.3. The lowest BCUT2D eigenvalue weighted by atomic mass is 9.82. The van der Waals surface area contributed by atoms with E-state index in [0.29, 0.717) is 51.1 Å². The molecule has 0 radical (unpaired) electrons. The summed E-state index contributed by atoms with van der Waals surface area (Å²) in [6, 6.07) is 31.8. The van der Waals surface area contributed by atoms with Crippen LogP contribution in [0.2, 0.25) is 18.6 Å². The number of hydrogen-bond acceptors (Lipinski definition) is 8. The molecule has 4 aliphatic heterocycles. The van der Waals surface area contributed by atoms with Crippen LogP contribution in [0.4, 0.5) is 17.1 Å². The molecule has 1 aromatic heterocycles. The van der Waals surface area contributed by atoms with Crippen molar-refractivity contribution < 1.29 is 29.0 Å². The number of rotatable bonds is 12. The van der Waals surface area contributed by atoms with Crippen LogP contribution in [0, 0.1) is 5.92 Å². The number of ether oxygens (including phenoxy) is 2. The number of aryl methyl sites for hydroxylation is 1. The molecule has 1 spiro atoms. The number of amides is 3. The number of aliphatic hydroxyl groups is 1. The highest BCUT2D eigenvalue weighted by Crippen LogP contribution is 2.60. The van der Waals surface area contributed by atoms with E-state index in [1.807, 2.05) is 99.6 Å². The summed E-state index contributed by atoms with van der Waals surface area (Å²) in [5.41, 5.74) is 4.03. The van der Waals surface area contributed by atoms with E-state index in [0.717, 1.165) is 65.2 Å². The fraction of sp³-hybridized carbons (Fsp3) is 0.408. The molecule has 1 N–H and O–H groups in total. The molecule has 4 aliphatic rings. The van der Waals surface area contributed by atoms with E-state index < -0.39 is 19.8 Å². The molecule has 62 heavy (non-hydrogen) atoms. The van der Waals surface area contributed by atoms with E-state index in [1.54, 1.807) is 18.0 Å². The molecule has 13 heteroatoms. The van der Waals surface area contributed by atoms with Gasteiger partial charge in [-0.05, 0) is 91.2 Å². The summed E-state index contributed by atoms with van der Waals surface area (Å²) >= 11 is 0. The summed E-state index contributed by atoms with van der Waals surface area (Å²) in [7, 11) is -0.793. The molecule has 0 bridgehead atoms. The maximum atomic E-state index is 15.6. The second-order valence-electron chi connectivity index (χ2n) is 17.9. The Hall–Kier alpha value is -5.63. The van der Waals surface area contributed by atoms with Crippen molar-refractivity contribution in [3.63, 3.8) is 0 Å². The molecule has 4 aromatic carbocycles. The molecule has 0 unspecified atom stereocenters. The first-order valence-corrected chi connectivity index (χ1v) is 25.2. The SMILES string of the molecule is COc1ccc([Si](C)(C)[C@H]2[C@H](CCn3cc([C@H](O)c4ccccc4)nn3)O[C@@]3(C(=O)N(Cc4ccc(N5CCCCC5=O)cc4)c4ccc(N5CCCCC5=O)cc43)[C@@H]2C)cc1. The number of nitrogens with zero attached hydrogens (tertiary/aromatic N) is 6. The van der Waals surface area contributed by atoms with E-state index >= 15 is 4.79 Å². The lowest BCUT2D eigenvalue weighted by molar-refractivity contribution is -0.146. The Bertz CT molecular complexity index is 2440. The van der Waals surface area contributed by atoms with Crippen molar-refractivity contribution >= 4 is 48.0 Å². The normalized spacial score (nSPS) is 23.3. The summed E-state index contributed by atoms with van der Waals surface area (Å²) in [5, 5.41) is 21.1. The van der Waals surface area contributed by atoms with E-state index in [4.69, 9.17) is 9.47 Å². The highest BCUT2D eigenvalue weighted by Gasteiger charge is 2.66. The van der Waals surface area contributed by atoms with Gasteiger partial charge in [0.2, 0.25) is 11.8 Å². The molecule has 3 saturated heterocycles. The summed E-state index contributed by atoms with van der Waals surface area (Å²) in [4.78, 5) is 47.3. The van der Waals surface area contributed by atoms with Gasteiger partial charge in [0.15, 0.2) is 5.60 Å². The number of piperidine rings is 2. The number of fused-ring (bicyclic) bond motifs is 2. The molecule has 9 rings (SSSR count). The number of benzene rings is 4. The van der Waals surface area contributed by atoms with Crippen LogP contribution < -0.4 is 24.6 Å². The minimum Gasteiger partial charge on any atom is -0.497 e. The monoisotopic (exact) mass is 852 g/mol. The predicted molar refractivity (Wildman–Crippen MR) is 241 cm³/mol. The van der Waals surface area contributed by atoms with Gasteiger partial charge in [-0.15, -0.1) is 5.10 Å². The lowest BCUT2D eigenvalue weighted by Crippen LogP contribution is -2.51. The number of anilines is 3. The van der Waals surface area contributed by atoms with Gasteiger partial charge in [0.25, 0.3) is 5.91 Å². The molecule has 0 saturated carbocycles. The first kappa shape index (κ1) is 41.7. The van der Waals surface area contributed by atoms with Crippen LogP contribution in [0.1, 0.15) is 80.4 Å². The zero-order valence-electron chi connectivity index (χ0n) is 36.1. The first-order valence-electron chi connectivity index (χ1n) is 22.1. The lowest BCUT2D eigenvalue weighted by Gasteiger charge is -2.37. The quantitative estimate of drug-likeness (QED) is 0.130. The van der Waals surface area contributed by atoms with Crippen LogP contribution >= 0.6 is 0 Å². The second-order valence-corrected chi connectivity index (χ2v) is 22.6. The molecule has 5 heterocycles. The van der Waals surface area contributed by atoms with Crippen LogP contribution in [-0.2, 0) is 37.8 Å². The van der Waals surface area contributed by atoms with E-state index in [1.165, 1.54) is 5.19 Å². The van der Waals surface area contributed by atoms with Gasteiger partial charge in [0.05, 0.1) is 39.7 Å². The molecule has 322 valence electrons. The number of hydrogen-bond donors (Lipinski definition) is 1. The Kier molecular flexibility index (Phi) is 11.4. The Morgan fingerprint density at radius 3 is 2.18 bits per heavy atom.